The number of benzene rings is 1. The number of ether oxygens (including phenoxy) is 1. The van der Waals surface area contributed by atoms with Crippen LogP contribution in [0.4, 0.5) is 5.69 Å². The molecule has 2 saturated heterocycles. The first-order chi connectivity index (χ1) is 11.6. The topological polar surface area (TPSA) is 53.1 Å². The average molecular weight is 331 g/mol. The zero-order valence-corrected chi connectivity index (χ0v) is 14.4. The summed E-state index contributed by atoms with van der Waals surface area (Å²) in [5, 5.41) is 0. The van der Waals surface area contributed by atoms with Crippen molar-refractivity contribution in [3.05, 3.63) is 24.3 Å². The van der Waals surface area contributed by atoms with Gasteiger partial charge in [0.1, 0.15) is 5.75 Å². The smallest absolute Gasteiger partial charge is 0.251 e. The van der Waals surface area contributed by atoms with Crippen LogP contribution in [0.25, 0.3) is 0 Å². The van der Waals surface area contributed by atoms with Crippen LogP contribution < -0.4 is 9.64 Å². The van der Waals surface area contributed by atoms with E-state index in [0.717, 1.165) is 38.3 Å². The fourth-order valence-electron chi connectivity index (χ4n) is 3.41. The lowest BCUT2D eigenvalue weighted by Crippen LogP contribution is -2.43. The number of carbonyl (C=O) groups excluding carboxylic acids is 2. The molecule has 6 nitrogen and oxygen atoms in total. The number of amides is 2. The minimum atomic E-state index is -0.324. The highest BCUT2D eigenvalue weighted by molar-refractivity contribution is 6.22. The van der Waals surface area contributed by atoms with Crippen LogP contribution in [-0.4, -0.2) is 67.5 Å². The lowest BCUT2D eigenvalue weighted by atomic mass is 10.2. The van der Waals surface area contributed by atoms with Crippen LogP contribution >= 0.6 is 0 Å². The molecule has 2 fully saturated rings. The molecule has 1 atom stereocenters. The van der Waals surface area contributed by atoms with Crippen LogP contribution in [-0.2, 0) is 9.59 Å². The largest absolute Gasteiger partial charge is 0.494 e. The number of hydrogen-bond donors (Lipinski definition) is 0. The highest BCUT2D eigenvalue weighted by Crippen LogP contribution is 2.27. The van der Waals surface area contributed by atoms with E-state index in [2.05, 4.69) is 16.8 Å². The fraction of sp³-hybridized carbons (Fsp3) is 0.556. The molecule has 2 heterocycles. The first-order valence-electron chi connectivity index (χ1n) is 8.62. The fourth-order valence-corrected chi connectivity index (χ4v) is 3.41. The third-order valence-corrected chi connectivity index (χ3v) is 4.72. The highest BCUT2D eigenvalue weighted by atomic mass is 16.5. The van der Waals surface area contributed by atoms with Crippen molar-refractivity contribution in [3.8, 4) is 5.75 Å². The molecular weight excluding hydrogens is 306 g/mol. The second-order valence-electron chi connectivity index (χ2n) is 6.41. The summed E-state index contributed by atoms with van der Waals surface area (Å²) in [4.78, 5) is 31.0. The summed E-state index contributed by atoms with van der Waals surface area (Å²) in [5.41, 5.74) is 0.628. The maximum absolute atomic E-state index is 12.8. The molecule has 0 bridgehead atoms. The van der Waals surface area contributed by atoms with Crippen molar-refractivity contribution in [3.63, 3.8) is 0 Å². The standard InChI is InChI=1S/C18H25N3O3/c1-3-24-15-7-5-14(6-8-15)21-17(22)13-16(18(21)23)20-10-4-9-19(2)11-12-20/h5-8,16H,3-4,9-13H2,1-2H3/t16-/m0/s1. The number of nitrogens with zero attached hydrogens (tertiary/aromatic N) is 3. The second-order valence-corrected chi connectivity index (χ2v) is 6.41. The minimum Gasteiger partial charge on any atom is -0.494 e. The predicted octanol–water partition coefficient (Wildman–Crippen LogP) is 1.35. The SMILES string of the molecule is CCOc1ccc(N2C(=O)C[C@H](N3CCCN(C)CC3)C2=O)cc1. The Hall–Kier alpha value is -1.92. The summed E-state index contributed by atoms with van der Waals surface area (Å²) < 4.78 is 5.42. The van der Waals surface area contributed by atoms with E-state index < -0.39 is 0 Å². The van der Waals surface area contributed by atoms with Gasteiger partial charge in [0.05, 0.1) is 24.8 Å². The molecule has 1 aromatic rings. The van der Waals surface area contributed by atoms with Gasteiger partial charge in [-0.25, -0.2) is 4.90 Å². The number of hydrogen-bond acceptors (Lipinski definition) is 5. The Bertz CT molecular complexity index is 602. The summed E-state index contributed by atoms with van der Waals surface area (Å²) in [6.07, 6.45) is 1.30. The number of anilines is 1. The molecule has 2 aliphatic heterocycles. The Morgan fingerprint density at radius 3 is 2.54 bits per heavy atom. The quantitative estimate of drug-likeness (QED) is 0.780. The minimum absolute atomic E-state index is 0.103. The molecule has 6 heteroatoms. The van der Waals surface area contributed by atoms with Gasteiger partial charge in [-0.05, 0) is 51.2 Å². The van der Waals surface area contributed by atoms with Gasteiger partial charge >= 0.3 is 0 Å². The summed E-state index contributed by atoms with van der Waals surface area (Å²) >= 11 is 0. The van der Waals surface area contributed by atoms with Crippen LogP contribution in [0.2, 0.25) is 0 Å². The van der Waals surface area contributed by atoms with E-state index in [1.807, 2.05) is 6.92 Å². The molecule has 2 aliphatic rings. The first-order valence-corrected chi connectivity index (χ1v) is 8.62. The molecule has 1 aromatic carbocycles. The Morgan fingerprint density at radius 2 is 1.83 bits per heavy atom. The molecule has 130 valence electrons. The zero-order chi connectivity index (χ0) is 17.1. The average Bonchev–Trinajstić information content (AvgIpc) is 2.73. The van der Waals surface area contributed by atoms with Crippen LogP contribution in [0.15, 0.2) is 24.3 Å². The summed E-state index contributed by atoms with van der Waals surface area (Å²) in [5.74, 6) is 0.521. The van der Waals surface area contributed by atoms with Crippen molar-refractivity contribution in [1.82, 2.24) is 9.80 Å². The van der Waals surface area contributed by atoms with Crippen LogP contribution in [0.3, 0.4) is 0 Å². The molecular formula is C18H25N3O3. The molecule has 0 aromatic heterocycles. The van der Waals surface area contributed by atoms with Gasteiger partial charge < -0.3 is 9.64 Å². The van der Waals surface area contributed by atoms with Crippen LogP contribution in [0, 0.1) is 0 Å². The van der Waals surface area contributed by atoms with Crippen molar-refractivity contribution in [2.75, 3.05) is 44.7 Å². The third-order valence-electron chi connectivity index (χ3n) is 4.72. The highest BCUT2D eigenvalue weighted by Gasteiger charge is 2.42. The van der Waals surface area contributed by atoms with E-state index in [0.29, 0.717) is 12.3 Å². The number of carbonyl (C=O) groups is 2. The van der Waals surface area contributed by atoms with Crippen molar-refractivity contribution in [2.45, 2.75) is 25.8 Å². The lowest BCUT2D eigenvalue weighted by molar-refractivity contribution is -0.122. The molecule has 0 aliphatic carbocycles. The number of rotatable bonds is 4. The van der Waals surface area contributed by atoms with E-state index in [1.165, 1.54) is 4.90 Å². The van der Waals surface area contributed by atoms with Gasteiger partial charge in [-0.3, -0.25) is 14.5 Å². The molecule has 0 unspecified atom stereocenters. The summed E-state index contributed by atoms with van der Waals surface area (Å²) in [6.45, 7) is 6.18. The van der Waals surface area contributed by atoms with Gasteiger partial charge in [-0.1, -0.05) is 0 Å². The maximum atomic E-state index is 12.8. The van der Waals surface area contributed by atoms with E-state index >= 15 is 0 Å². The van der Waals surface area contributed by atoms with Crippen molar-refractivity contribution < 1.29 is 14.3 Å². The number of likely N-dealkylation sites (N-methyl/N-ethyl adjacent to an activating group) is 1. The second kappa shape index (κ2) is 7.32. The zero-order valence-electron chi connectivity index (χ0n) is 14.4. The third kappa shape index (κ3) is 3.44. The Labute approximate surface area is 143 Å². The van der Waals surface area contributed by atoms with Gasteiger partial charge in [0.2, 0.25) is 5.91 Å². The van der Waals surface area contributed by atoms with Gasteiger partial charge in [0, 0.05) is 19.6 Å². The molecule has 3 rings (SSSR count). The summed E-state index contributed by atoms with van der Waals surface area (Å²) in [7, 11) is 2.09. The number of imide groups is 1. The molecule has 2 amide bonds. The van der Waals surface area contributed by atoms with Crippen molar-refractivity contribution >= 4 is 17.5 Å². The predicted molar refractivity (Wildman–Crippen MR) is 92.2 cm³/mol. The van der Waals surface area contributed by atoms with E-state index in [4.69, 9.17) is 4.74 Å². The molecule has 0 radical (unpaired) electrons. The lowest BCUT2D eigenvalue weighted by Gasteiger charge is -2.25. The summed E-state index contributed by atoms with van der Waals surface area (Å²) in [6, 6.07) is 6.83. The molecule has 0 saturated carbocycles. The van der Waals surface area contributed by atoms with E-state index in [1.54, 1.807) is 24.3 Å². The molecule has 24 heavy (non-hydrogen) atoms. The molecule has 0 N–H and O–H groups in total. The van der Waals surface area contributed by atoms with Gasteiger partial charge in [-0.2, -0.15) is 0 Å². The van der Waals surface area contributed by atoms with Gasteiger partial charge in [0.15, 0.2) is 0 Å². The van der Waals surface area contributed by atoms with Crippen molar-refractivity contribution in [2.24, 2.45) is 0 Å². The van der Waals surface area contributed by atoms with E-state index in [9.17, 15) is 9.59 Å². The van der Waals surface area contributed by atoms with Crippen molar-refractivity contribution in [1.29, 1.82) is 0 Å². The van der Waals surface area contributed by atoms with Crippen LogP contribution in [0.1, 0.15) is 19.8 Å². The monoisotopic (exact) mass is 331 g/mol. The molecule has 0 spiro atoms. The normalized spacial score (nSPS) is 23.6. The van der Waals surface area contributed by atoms with Crippen LogP contribution in [0.5, 0.6) is 5.75 Å². The Balaban J connectivity index is 1.73. The first kappa shape index (κ1) is 16.9. The Kier molecular flexibility index (Phi) is 5.16. The van der Waals surface area contributed by atoms with Gasteiger partial charge in [0.25, 0.3) is 5.91 Å². The Morgan fingerprint density at radius 1 is 1.08 bits per heavy atom. The van der Waals surface area contributed by atoms with E-state index in [-0.39, 0.29) is 24.3 Å². The maximum Gasteiger partial charge on any atom is 0.251 e. The van der Waals surface area contributed by atoms with Gasteiger partial charge in [-0.15, -0.1) is 0 Å².